The molecule has 0 amide bonds. The lowest BCUT2D eigenvalue weighted by Crippen LogP contribution is -2.00. The van der Waals surface area contributed by atoms with Gasteiger partial charge in [-0.25, -0.2) is 0 Å². The van der Waals surface area contributed by atoms with Gasteiger partial charge in [0.15, 0.2) is 5.78 Å². The average molecular weight is 220 g/mol. The molecule has 0 unspecified atom stereocenters. The van der Waals surface area contributed by atoms with E-state index in [1.807, 2.05) is 42.6 Å². The Labute approximate surface area is 98.9 Å². The maximum Gasteiger partial charge on any atom is 0.193 e. The molecule has 3 aromatic rings. The van der Waals surface area contributed by atoms with Crippen molar-refractivity contribution in [2.45, 2.75) is 0 Å². The SMILES string of the molecule is O=C(c1[c]cccc1)c1ccc2[nH]ccc2c1. The van der Waals surface area contributed by atoms with Crippen molar-refractivity contribution in [3.63, 3.8) is 0 Å². The van der Waals surface area contributed by atoms with Crippen LogP contribution >= 0.6 is 0 Å². The fraction of sp³-hybridized carbons (Fsp3) is 0. The summed E-state index contributed by atoms with van der Waals surface area (Å²) in [7, 11) is 0. The number of hydrogen-bond donors (Lipinski definition) is 1. The summed E-state index contributed by atoms with van der Waals surface area (Å²) in [6, 6.07) is 17.8. The molecular formula is C15H10NO. The highest BCUT2D eigenvalue weighted by Gasteiger charge is 2.09. The Morgan fingerprint density at radius 2 is 2.06 bits per heavy atom. The molecule has 0 fully saturated rings. The van der Waals surface area contributed by atoms with Crippen LogP contribution in [-0.2, 0) is 0 Å². The van der Waals surface area contributed by atoms with Crippen LogP contribution in [0.25, 0.3) is 10.9 Å². The fourth-order valence-corrected chi connectivity index (χ4v) is 1.88. The Bertz CT molecular complexity index is 667. The maximum absolute atomic E-state index is 12.2. The van der Waals surface area contributed by atoms with Crippen LogP contribution in [0.1, 0.15) is 15.9 Å². The van der Waals surface area contributed by atoms with Gasteiger partial charge in [0.1, 0.15) is 0 Å². The summed E-state index contributed by atoms with van der Waals surface area (Å²) in [6.45, 7) is 0. The standard InChI is InChI=1S/C15H10NO/c17-15(11-4-2-1-3-5-11)13-6-7-14-12(10-13)8-9-16-14/h1-4,6-10,16H. The zero-order chi connectivity index (χ0) is 11.7. The van der Waals surface area contributed by atoms with E-state index in [2.05, 4.69) is 11.1 Å². The van der Waals surface area contributed by atoms with E-state index in [9.17, 15) is 4.79 Å². The summed E-state index contributed by atoms with van der Waals surface area (Å²) in [5.74, 6) is 0.00806. The first-order valence-corrected chi connectivity index (χ1v) is 5.43. The first kappa shape index (κ1) is 9.85. The predicted molar refractivity (Wildman–Crippen MR) is 67.0 cm³/mol. The Kier molecular flexibility index (Phi) is 2.26. The molecule has 1 N–H and O–H groups in total. The number of H-pyrrole nitrogens is 1. The number of aromatic nitrogens is 1. The summed E-state index contributed by atoms with van der Waals surface area (Å²) in [5.41, 5.74) is 2.33. The first-order valence-electron chi connectivity index (χ1n) is 5.43. The molecule has 1 aromatic heterocycles. The van der Waals surface area contributed by atoms with Crippen molar-refractivity contribution >= 4 is 16.7 Å². The Hall–Kier alpha value is -2.35. The Morgan fingerprint density at radius 3 is 2.88 bits per heavy atom. The third-order valence-electron chi connectivity index (χ3n) is 2.77. The van der Waals surface area contributed by atoms with Crippen LogP contribution in [-0.4, -0.2) is 10.8 Å². The second kappa shape index (κ2) is 3.91. The summed E-state index contributed by atoms with van der Waals surface area (Å²) in [4.78, 5) is 15.3. The molecule has 0 saturated carbocycles. The fourth-order valence-electron chi connectivity index (χ4n) is 1.88. The number of carbonyl (C=O) groups excluding carboxylic acids is 1. The van der Waals surface area contributed by atoms with E-state index in [1.165, 1.54) is 0 Å². The molecule has 0 atom stereocenters. The van der Waals surface area contributed by atoms with Gasteiger partial charge in [0, 0.05) is 28.2 Å². The number of nitrogens with one attached hydrogen (secondary N) is 1. The van der Waals surface area contributed by atoms with Gasteiger partial charge in [-0.15, -0.1) is 0 Å². The molecule has 0 aliphatic carbocycles. The number of hydrogen-bond acceptors (Lipinski definition) is 1. The van der Waals surface area contributed by atoms with Crippen LogP contribution < -0.4 is 0 Å². The van der Waals surface area contributed by atoms with Crippen molar-refractivity contribution in [2.24, 2.45) is 0 Å². The smallest absolute Gasteiger partial charge is 0.193 e. The minimum absolute atomic E-state index is 0.00806. The van der Waals surface area contributed by atoms with Gasteiger partial charge in [0.2, 0.25) is 0 Å². The maximum atomic E-state index is 12.2. The van der Waals surface area contributed by atoms with E-state index in [-0.39, 0.29) is 5.78 Å². The van der Waals surface area contributed by atoms with E-state index < -0.39 is 0 Å². The second-order valence-corrected chi connectivity index (χ2v) is 3.89. The summed E-state index contributed by atoms with van der Waals surface area (Å²) in [5, 5.41) is 1.05. The van der Waals surface area contributed by atoms with Gasteiger partial charge in [-0.05, 0) is 30.3 Å². The minimum Gasteiger partial charge on any atom is -0.361 e. The topological polar surface area (TPSA) is 32.9 Å². The molecule has 1 radical (unpaired) electrons. The zero-order valence-corrected chi connectivity index (χ0v) is 9.10. The number of ketones is 1. The normalized spacial score (nSPS) is 10.6. The molecule has 0 saturated heterocycles. The van der Waals surface area contributed by atoms with Crippen molar-refractivity contribution in [3.8, 4) is 0 Å². The summed E-state index contributed by atoms with van der Waals surface area (Å²) in [6.07, 6.45) is 1.87. The van der Waals surface area contributed by atoms with Crippen molar-refractivity contribution in [3.05, 3.63) is 71.9 Å². The molecule has 2 aromatic carbocycles. The van der Waals surface area contributed by atoms with E-state index >= 15 is 0 Å². The lowest BCUT2D eigenvalue weighted by molar-refractivity contribution is 0.103. The highest BCUT2D eigenvalue weighted by Crippen LogP contribution is 2.16. The average Bonchev–Trinajstić information content (AvgIpc) is 2.86. The first-order chi connectivity index (χ1) is 8.34. The monoisotopic (exact) mass is 220 g/mol. The number of fused-ring (bicyclic) bond motifs is 1. The highest BCUT2D eigenvalue weighted by molar-refractivity contribution is 6.10. The van der Waals surface area contributed by atoms with Crippen molar-refractivity contribution in [2.75, 3.05) is 0 Å². The van der Waals surface area contributed by atoms with Gasteiger partial charge in [0.25, 0.3) is 0 Å². The number of rotatable bonds is 2. The lowest BCUT2D eigenvalue weighted by atomic mass is 10.0. The lowest BCUT2D eigenvalue weighted by Gasteiger charge is -2.00. The molecular weight excluding hydrogens is 210 g/mol. The number of benzene rings is 2. The molecule has 81 valence electrons. The molecule has 1 heterocycles. The van der Waals surface area contributed by atoms with Crippen molar-refractivity contribution in [1.29, 1.82) is 0 Å². The van der Waals surface area contributed by atoms with E-state index in [0.717, 1.165) is 10.9 Å². The van der Waals surface area contributed by atoms with Gasteiger partial charge in [-0.1, -0.05) is 24.3 Å². The van der Waals surface area contributed by atoms with Crippen LogP contribution in [0.2, 0.25) is 0 Å². The largest absolute Gasteiger partial charge is 0.361 e. The molecule has 0 aliphatic heterocycles. The third kappa shape index (κ3) is 1.74. The van der Waals surface area contributed by atoms with Gasteiger partial charge < -0.3 is 4.98 Å². The molecule has 3 rings (SSSR count). The van der Waals surface area contributed by atoms with Gasteiger partial charge in [0.05, 0.1) is 0 Å². The molecule has 0 bridgehead atoms. The van der Waals surface area contributed by atoms with Crippen LogP contribution in [0.4, 0.5) is 0 Å². The van der Waals surface area contributed by atoms with Gasteiger partial charge in [-0.2, -0.15) is 0 Å². The minimum atomic E-state index is 0.00806. The van der Waals surface area contributed by atoms with Crippen LogP contribution in [0, 0.1) is 6.07 Å². The summed E-state index contributed by atoms with van der Waals surface area (Å²) >= 11 is 0. The second-order valence-electron chi connectivity index (χ2n) is 3.89. The molecule has 2 nitrogen and oxygen atoms in total. The third-order valence-corrected chi connectivity index (χ3v) is 2.77. The molecule has 17 heavy (non-hydrogen) atoms. The molecule has 0 spiro atoms. The Morgan fingerprint density at radius 1 is 1.12 bits per heavy atom. The van der Waals surface area contributed by atoms with E-state index in [0.29, 0.717) is 11.1 Å². The number of aromatic amines is 1. The quantitative estimate of drug-likeness (QED) is 0.661. The molecule has 0 aliphatic rings. The van der Waals surface area contributed by atoms with Gasteiger partial charge in [-0.3, -0.25) is 4.79 Å². The van der Waals surface area contributed by atoms with Crippen LogP contribution in [0.15, 0.2) is 54.7 Å². The number of carbonyl (C=O) groups is 1. The summed E-state index contributed by atoms with van der Waals surface area (Å²) < 4.78 is 0. The van der Waals surface area contributed by atoms with E-state index in [4.69, 9.17) is 0 Å². The predicted octanol–water partition coefficient (Wildman–Crippen LogP) is 3.20. The van der Waals surface area contributed by atoms with Crippen molar-refractivity contribution in [1.82, 2.24) is 4.98 Å². The van der Waals surface area contributed by atoms with Crippen LogP contribution in [0.5, 0.6) is 0 Å². The van der Waals surface area contributed by atoms with Crippen LogP contribution in [0.3, 0.4) is 0 Å². The van der Waals surface area contributed by atoms with E-state index in [1.54, 1.807) is 12.1 Å². The zero-order valence-electron chi connectivity index (χ0n) is 9.10. The molecule has 2 heteroatoms. The Balaban J connectivity index is 2.06. The highest BCUT2D eigenvalue weighted by atomic mass is 16.1. The van der Waals surface area contributed by atoms with Crippen molar-refractivity contribution < 1.29 is 4.79 Å². The van der Waals surface area contributed by atoms with Gasteiger partial charge >= 0.3 is 0 Å².